The fourth-order valence-electron chi connectivity index (χ4n) is 2.31. The molecule has 1 atom stereocenters. The Morgan fingerprint density at radius 2 is 1.86 bits per heavy atom. The molecule has 4 heteroatoms. The number of aryl methyl sites for hydroxylation is 1. The van der Waals surface area contributed by atoms with Gasteiger partial charge in [0.15, 0.2) is 0 Å². The van der Waals surface area contributed by atoms with Crippen LogP contribution < -0.4 is 5.32 Å². The van der Waals surface area contributed by atoms with E-state index in [0.717, 1.165) is 30.5 Å². The number of rotatable bonds is 8. The van der Waals surface area contributed by atoms with Crippen LogP contribution in [0, 0.1) is 0 Å². The summed E-state index contributed by atoms with van der Waals surface area (Å²) in [6.45, 7) is 1.29. The number of nitrogens with one attached hydrogen (secondary N) is 1. The van der Waals surface area contributed by atoms with E-state index in [1.54, 1.807) is 18.2 Å². The van der Waals surface area contributed by atoms with E-state index in [1.807, 2.05) is 36.4 Å². The maximum atomic E-state index is 10.9. The Labute approximate surface area is 130 Å². The molecule has 0 saturated heterocycles. The number of carbonyl (C=O) groups is 1. The monoisotopic (exact) mass is 299 g/mol. The van der Waals surface area contributed by atoms with Crippen LogP contribution in [0.15, 0.2) is 54.6 Å². The normalized spacial score (nSPS) is 12.0. The molecule has 0 amide bonds. The van der Waals surface area contributed by atoms with Gasteiger partial charge in [-0.1, -0.05) is 42.5 Å². The van der Waals surface area contributed by atoms with Crippen LogP contribution in [-0.2, 0) is 6.42 Å². The summed E-state index contributed by atoms with van der Waals surface area (Å²) in [5.74, 6) is -0.897. The summed E-state index contributed by atoms with van der Waals surface area (Å²) in [7, 11) is 0. The van der Waals surface area contributed by atoms with E-state index in [0.29, 0.717) is 12.1 Å². The van der Waals surface area contributed by atoms with Gasteiger partial charge in [0.1, 0.15) is 0 Å². The van der Waals surface area contributed by atoms with E-state index >= 15 is 0 Å². The molecule has 0 spiro atoms. The van der Waals surface area contributed by atoms with Gasteiger partial charge in [-0.3, -0.25) is 0 Å². The zero-order chi connectivity index (χ0) is 15.8. The Morgan fingerprint density at radius 1 is 1.09 bits per heavy atom. The Bertz CT molecular complexity index is 598. The average molecular weight is 299 g/mol. The minimum Gasteiger partial charge on any atom is -0.478 e. The van der Waals surface area contributed by atoms with Crippen molar-refractivity contribution >= 4 is 5.97 Å². The van der Waals surface area contributed by atoms with Gasteiger partial charge in [-0.05, 0) is 42.6 Å². The number of benzene rings is 2. The second-order valence-corrected chi connectivity index (χ2v) is 5.24. The molecule has 0 aliphatic carbocycles. The minimum atomic E-state index is -0.897. The second-order valence-electron chi connectivity index (χ2n) is 5.24. The highest BCUT2D eigenvalue weighted by Crippen LogP contribution is 2.11. The van der Waals surface area contributed by atoms with Crippen LogP contribution in [0.4, 0.5) is 0 Å². The summed E-state index contributed by atoms with van der Waals surface area (Å²) in [6.07, 6.45) is 1.21. The first kappa shape index (κ1) is 16.2. The van der Waals surface area contributed by atoms with E-state index < -0.39 is 12.1 Å². The molecule has 0 bridgehead atoms. The van der Waals surface area contributed by atoms with Crippen molar-refractivity contribution in [2.75, 3.05) is 13.1 Å². The predicted octanol–water partition coefficient (Wildman–Crippen LogP) is 2.64. The van der Waals surface area contributed by atoms with Gasteiger partial charge in [-0.15, -0.1) is 0 Å². The molecule has 0 aromatic heterocycles. The van der Waals surface area contributed by atoms with Crippen LogP contribution in [0.25, 0.3) is 0 Å². The van der Waals surface area contributed by atoms with Crippen LogP contribution >= 0.6 is 0 Å². The highest BCUT2D eigenvalue weighted by molar-refractivity contribution is 5.87. The summed E-state index contributed by atoms with van der Waals surface area (Å²) in [5.41, 5.74) is 2.25. The van der Waals surface area contributed by atoms with Gasteiger partial charge in [0, 0.05) is 6.54 Å². The number of hydrogen-bond donors (Lipinski definition) is 3. The molecular weight excluding hydrogens is 278 g/mol. The molecule has 0 saturated carbocycles. The van der Waals surface area contributed by atoms with Gasteiger partial charge >= 0.3 is 5.97 Å². The van der Waals surface area contributed by atoms with Crippen LogP contribution in [0.3, 0.4) is 0 Å². The highest BCUT2D eigenvalue weighted by Gasteiger charge is 2.06. The molecule has 0 aliphatic rings. The van der Waals surface area contributed by atoms with E-state index in [-0.39, 0.29) is 0 Å². The van der Waals surface area contributed by atoms with Gasteiger partial charge in [-0.25, -0.2) is 4.79 Å². The SMILES string of the molecule is O=C(O)c1cccc(CCCNCC(O)c2ccccc2)c1. The number of aromatic carboxylic acids is 1. The molecule has 1 unspecified atom stereocenters. The zero-order valence-electron chi connectivity index (χ0n) is 12.4. The third kappa shape index (κ3) is 4.98. The van der Waals surface area contributed by atoms with Crippen molar-refractivity contribution in [1.29, 1.82) is 0 Å². The number of carboxylic acid groups (broad SMARTS) is 1. The molecule has 2 rings (SSSR count). The first-order valence-corrected chi connectivity index (χ1v) is 7.43. The molecule has 2 aromatic rings. The molecule has 116 valence electrons. The molecule has 0 aliphatic heterocycles. The van der Waals surface area contributed by atoms with Gasteiger partial charge in [0.25, 0.3) is 0 Å². The Hall–Kier alpha value is -2.17. The lowest BCUT2D eigenvalue weighted by Crippen LogP contribution is -2.22. The summed E-state index contributed by atoms with van der Waals surface area (Å²) in [6, 6.07) is 16.6. The fourth-order valence-corrected chi connectivity index (χ4v) is 2.31. The van der Waals surface area contributed by atoms with Crippen LogP contribution in [0.1, 0.15) is 34.0 Å². The fraction of sp³-hybridized carbons (Fsp3) is 0.278. The standard InChI is InChI=1S/C18H21NO3/c20-17(15-8-2-1-3-9-15)13-19-11-5-7-14-6-4-10-16(12-14)18(21)22/h1-4,6,8-10,12,17,19-20H,5,7,11,13H2,(H,21,22). The topological polar surface area (TPSA) is 69.6 Å². The first-order valence-electron chi connectivity index (χ1n) is 7.43. The summed E-state index contributed by atoms with van der Waals surface area (Å²) >= 11 is 0. The van der Waals surface area contributed by atoms with E-state index in [4.69, 9.17) is 5.11 Å². The molecule has 0 fully saturated rings. The largest absolute Gasteiger partial charge is 0.478 e. The van der Waals surface area contributed by atoms with Gasteiger partial charge < -0.3 is 15.5 Å². The first-order chi connectivity index (χ1) is 10.7. The molecule has 3 N–H and O–H groups in total. The summed E-state index contributed by atoms with van der Waals surface area (Å²) < 4.78 is 0. The number of aliphatic hydroxyl groups excluding tert-OH is 1. The maximum Gasteiger partial charge on any atom is 0.335 e. The molecule has 0 heterocycles. The Balaban J connectivity index is 1.69. The zero-order valence-corrected chi connectivity index (χ0v) is 12.4. The van der Waals surface area contributed by atoms with Crippen LogP contribution in [0.2, 0.25) is 0 Å². The van der Waals surface area contributed by atoms with E-state index in [2.05, 4.69) is 5.32 Å². The third-order valence-corrected chi connectivity index (χ3v) is 3.51. The predicted molar refractivity (Wildman–Crippen MR) is 86.0 cm³/mol. The minimum absolute atomic E-state index is 0.324. The van der Waals surface area contributed by atoms with Crippen LogP contribution in [0.5, 0.6) is 0 Å². The van der Waals surface area contributed by atoms with Crippen molar-refractivity contribution in [2.45, 2.75) is 18.9 Å². The lowest BCUT2D eigenvalue weighted by molar-refractivity contribution is 0.0696. The Kier molecular flexibility index (Phi) is 6.13. The van der Waals surface area contributed by atoms with Crippen molar-refractivity contribution in [3.8, 4) is 0 Å². The summed E-state index contributed by atoms with van der Waals surface area (Å²) in [5, 5.41) is 22.2. The Morgan fingerprint density at radius 3 is 2.59 bits per heavy atom. The van der Waals surface area contributed by atoms with E-state index in [9.17, 15) is 9.90 Å². The number of aliphatic hydroxyl groups is 1. The lowest BCUT2D eigenvalue weighted by Gasteiger charge is -2.12. The van der Waals surface area contributed by atoms with E-state index in [1.165, 1.54) is 0 Å². The number of carboxylic acids is 1. The third-order valence-electron chi connectivity index (χ3n) is 3.51. The molecular formula is C18H21NO3. The molecule has 22 heavy (non-hydrogen) atoms. The molecule has 0 radical (unpaired) electrons. The van der Waals surface area contributed by atoms with Crippen molar-refractivity contribution in [3.63, 3.8) is 0 Å². The lowest BCUT2D eigenvalue weighted by atomic mass is 10.1. The summed E-state index contributed by atoms with van der Waals surface area (Å²) in [4.78, 5) is 10.9. The van der Waals surface area contributed by atoms with Crippen molar-refractivity contribution in [2.24, 2.45) is 0 Å². The van der Waals surface area contributed by atoms with Crippen molar-refractivity contribution in [3.05, 3.63) is 71.3 Å². The quantitative estimate of drug-likeness (QED) is 0.655. The second kappa shape index (κ2) is 8.32. The van der Waals surface area contributed by atoms with Crippen LogP contribution in [-0.4, -0.2) is 29.3 Å². The molecule has 4 nitrogen and oxygen atoms in total. The van der Waals surface area contributed by atoms with Crippen molar-refractivity contribution < 1.29 is 15.0 Å². The van der Waals surface area contributed by atoms with Gasteiger partial charge in [-0.2, -0.15) is 0 Å². The maximum absolute atomic E-state index is 10.9. The van der Waals surface area contributed by atoms with Gasteiger partial charge in [0.05, 0.1) is 11.7 Å². The average Bonchev–Trinajstić information content (AvgIpc) is 2.55. The number of hydrogen-bond acceptors (Lipinski definition) is 3. The smallest absolute Gasteiger partial charge is 0.335 e. The molecule has 2 aromatic carbocycles. The van der Waals surface area contributed by atoms with Crippen molar-refractivity contribution in [1.82, 2.24) is 5.32 Å². The van der Waals surface area contributed by atoms with Gasteiger partial charge in [0.2, 0.25) is 0 Å². The highest BCUT2D eigenvalue weighted by atomic mass is 16.4.